The first-order chi connectivity index (χ1) is 15.9. The number of nitrogens with zero attached hydrogens (tertiary/aromatic N) is 1. The summed E-state index contributed by atoms with van der Waals surface area (Å²) < 4.78 is 7.55. The summed E-state index contributed by atoms with van der Waals surface area (Å²) >= 11 is 0. The lowest BCUT2D eigenvalue weighted by molar-refractivity contribution is 0.0936. The Morgan fingerprint density at radius 3 is 2.09 bits per heavy atom. The van der Waals surface area contributed by atoms with Crippen molar-refractivity contribution in [2.75, 3.05) is 20.3 Å². The molecule has 1 amide bonds. The average Bonchev–Trinajstić information content (AvgIpc) is 3.09. The van der Waals surface area contributed by atoms with Crippen molar-refractivity contribution in [2.45, 2.75) is 97.9 Å². The maximum absolute atomic E-state index is 13.1. The third-order valence-corrected chi connectivity index (χ3v) is 7.33. The van der Waals surface area contributed by atoms with Crippen LogP contribution < -0.4 is 5.32 Å². The molecule has 1 aromatic heterocycles. The van der Waals surface area contributed by atoms with Crippen molar-refractivity contribution in [3.63, 3.8) is 0 Å². The Morgan fingerprint density at radius 1 is 0.971 bits per heavy atom. The van der Waals surface area contributed by atoms with Gasteiger partial charge in [-0.25, -0.2) is 0 Å². The van der Waals surface area contributed by atoms with E-state index in [1.807, 2.05) is 0 Å². The van der Waals surface area contributed by atoms with Crippen molar-refractivity contribution in [2.24, 2.45) is 5.92 Å². The zero-order valence-electron chi connectivity index (χ0n) is 22.8. The predicted molar refractivity (Wildman–Crippen MR) is 143 cm³/mol. The molecule has 0 bridgehead atoms. The molecule has 34 heavy (non-hydrogen) atoms. The van der Waals surface area contributed by atoms with E-state index >= 15 is 0 Å². The summed E-state index contributed by atoms with van der Waals surface area (Å²) in [6, 6.07) is 9.17. The third-order valence-electron chi connectivity index (χ3n) is 7.33. The monoisotopic (exact) mass is 466 g/mol. The zero-order chi connectivity index (χ0) is 25.1. The van der Waals surface area contributed by atoms with Crippen LogP contribution in [0.3, 0.4) is 0 Å². The molecule has 1 aliphatic rings. The van der Waals surface area contributed by atoms with Crippen LogP contribution in [-0.4, -0.2) is 30.7 Å². The molecule has 2 aromatic rings. The standard InChI is InChI=1S/C30H46N2O2/c1-21-26(28(33)31-14-15-34-8)19-27(32(21)20-22-12-10-9-11-13-22)23-16-24(29(2,3)4)18-25(17-23)30(5,6)7/h16-19,22H,9-15,20H2,1-8H3,(H,31,33). The van der Waals surface area contributed by atoms with Crippen LogP contribution in [0, 0.1) is 12.8 Å². The Bertz CT molecular complexity index is 950. The number of hydrogen-bond donors (Lipinski definition) is 1. The van der Waals surface area contributed by atoms with Crippen LogP contribution in [0.2, 0.25) is 0 Å². The predicted octanol–water partition coefficient (Wildman–Crippen LogP) is 7.02. The number of carbonyl (C=O) groups is 1. The highest BCUT2D eigenvalue weighted by Crippen LogP contribution is 2.36. The number of methoxy groups -OCH3 is 1. The van der Waals surface area contributed by atoms with Crippen molar-refractivity contribution >= 4 is 5.91 Å². The second kappa shape index (κ2) is 10.7. The van der Waals surface area contributed by atoms with E-state index < -0.39 is 0 Å². The minimum atomic E-state index is -0.0128. The van der Waals surface area contributed by atoms with Gasteiger partial charge in [-0.2, -0.15) is 0 Å². The molecule has 0 unspecified atom stereocenters. The molecular weight excluding hydrogens is 420 g/mol. The number of ether oxygens (including phenoxy) is 1. The molecule has 4 nitrogen and oxygen atoms in total. The molecule has 0 radical (unpaired) electrons. The molecule has 3 rings (SSSR count). The van der Waals surface area contributed by atoms with Gasteiger partial charge in [0, 0.05) is 31.6 Å². The van der Waals surface area contributed by atoms with Crippen molar-refractivity contribution in [3.8, 4) is 11.3 Å². The van der Waals surface area contributed by atoms with Gasteiger partial charge in [-0.3, -0.25) is 4.79 Å². The summed E-state index contributed by atoms with van der Waals surface area (Å²) in [4.78, 5) is 13.1. The molecule has 0 saturated heterocycles. The van der Waals surface area contributed by atoms with Gasteiger partial charge in [0.1, 0.15) is 0 Å². The van der Waals surface area contributed by atoms with E-state index in [9.17, 15) is 4.79 Å². The minimum absolute atomic E-state index is 0.0128. The van der Waals surface area contributed by atoms with Crippen LogP contribution in [0.5, 0.6) is 0 Å². The summed E-state index contributed by atoms with van der Waals surface area (Å²) in [5.74, 6) is 0.664. The van der Waals surface area contributed by atoms with E-state index in [2.05, 4.69) is 82.6 Å². The van der Waals surface area contributed by atoms with E-state index in [0.29, 0.717) is 19.1 Å². The molecule has 0 spiro atoms. The lowest BCUT2D eigenvalue weighted by Crippen LogP contribution is -2.27. The first-order valence-electron chi connectivity index (χ1n) is 13.1. The summed E-state index contributed by atoms with van der Waals surface area (Å²) in [6.45, 7) is 17.8. The number of aromatic nitrogens is 1. The summed E-state index contributed by atoms with van der Waals surface area (Å²) in [7, 11) is 1.66. The maximum atomic E-state index is 13.1. The van der Waals surface area contributed by atoms with E-state index in [0.717, 1.165) is 23.5 Å². The number of benzene rings is 1. The van der Waals surface area contributed by atoms with Crippen molar-refractivity contribution in [1.29, 1.82) is 0 Å². The zero-order valence-corrected chi connectivity index (χ0v) is 22.8. The normalized spacial score (nSPS) is 15.5. The lowest BCUT2D eigenvalue weighted by atomic mass is 9.79. The van der Waals surface area contributed by atoms with E-state index in [4.69, 9.17) is 4.74 Å². The first kappa shape index (κ1) is 26.5. The second-order valence-corrected chi connectivity index (χ2v) is 12.2. The van der Waals surface area contributed by atoms with Crippen LogP contribution in [0.4, 0.5) is 0 Å². The van der Waals surface area contributed by atoms with Crippen LogP contribution in [-0.2, 0) is 22.1 Å². The smallest absolute Gasteiger partial charge is 0.253 e. The number of nitrogens with one attached hydrogen (secondary N) is 1. The second-order valence-electron chi connectivity index (χ2n) is 12.2. The van der Waals surface area contributed by atoms with Crippen LogP contribution in [0.15, 0.2) is 24.3 Å². The first-order valence-corrected chi connectivity index (χ1v) is 13.1. The van der Waals surface area contributed by atoms with Gasteiger partial charge in [0.2, 0.25) is 0 Å². The molecule has 0 atom stereocenters. The van der Waals surface area contributed by atoms with Crippen LogP contribution in [0.25, 0.3) is 11.3 Å². The third kappa shape index (κ3) is 6.33. The van der Waals surface area contributed by atoms with Gasteiger partial charge in [-0.1, -0.05) is 66.9 Å². The van der Waals surface area contributed by atoms with Gasteiger partial charge in [0.15, 0.2) is 0 Å². The van der Waals surface area contributed by atoms with E-state index in [-0.39, 0.29) is 16.7 Å². The van der Waals surface area contributed by atoms with Gasteiger partial charge >= 0.3 is 0 Å². The van der Waals surface area contributed by atoms with Gasteiger partial charge < -0.3 is 14.6 Å². The quantitative estimate of drug-likeness (QED) is 0.446. The van der Waals surface area contributed by atoms with Crippen LogP contribution in [0.1, 0.15) is 101 Å². The highest BCUT2D eigenvalue weighted by molar-refractivity contribution is 5.97. The number of amides is 1. The molecule has 0 aliphatic heterocycles. The lowest BCUT2D eigenvalue weighted by Gasteiger charge is -2.27. The molecule has 1 saturated carbocycles. The molecule has 1 N–H and O–H groups in total. The van der Waals surface area contributed by atoms with Crippen molar-refractivity contribution in [1.82, 2.24) is 9.88 Å². The molecule has 1 fully saturated rings. The van der Waals surface area contributed by atoms with E-state index in [1.54, 1.807) is 7.11 Å². The van der Waals surface area contributed by atoms with Gasteiger partial charge in [-0.15, -0.1) is 0 Å². The number of rotatable bonds is 7. The highest BCUT2D eigenvalue weighted by Gasteiger charge is 2.25. The van der Waals surface area contributed by atoms with Crippen molar-refractivity contribution in [3.05, 3.63) is 46.6 Å². The van der Waals surface area contributed by atoms with Crippen LogP contribution >= 0.6 is 0 Å². The van der Waals surface area contributed by atoms with Gasteiger partial charge in [0.25, 0.3) is 5.91 Å². The molecule has 1 heterocycles. The Labute approximate surface area is 207 Å². The largest absolute Gasteiger partial charge is 0.383 e. The SMILES string of the molecule is COCCNC(=O)c1cc(-c2cc(C(C)(C)C)cc(C(C)(C)C)c2)n(CC2CCCCC2)c1C. The fourth-order valence-corrected chi connectivity index (χ4v) is 4.98. The number of carbonyl (C=O) groups excluding carboxylic acids is 1. The molecule has 1 aromatic carbocycles. The Morgan fingerprint density at radius 2 is 1.56 bits per heavy atom. The molecule has 1 aliphatic carbocycles. The van der Waals surface area contributed by atoms with E-state index in [1.165, 1.54) is 48.8 Å². The van der Waals surface area contributed by atoms with Gasteiger partial charge in [-0.05, 0) is 71.4 Å². The maximum Gasteiger partial charge on any atom is 0.253 e. The topological polar surface area (TPSA) is 43.3 Å². The van der Waals surface area contributed by atoms with Crippen molar-refractivity contribution < 1.29 is 9.53 Å². The molecule has 4 heteroatoms. The van der Waals surface area contributed by atoms with Gasteiger partial charge in [0.05, 0.1) is 12.2 Å². The molecule has 188 valence electrons. The summed E-state index contributed by atoms with van der Waals surface area (Å²) in [6.07, 6.45) is 6.55. The fourth-order valence-electron chi connectivity index (χ4n) is 4.98. The highest BCUT2D eigenvalue weighted by atomic mass is 16.5. The Kier molecular flexibility index (Phi) is 8.34. The summed E-state index contributed by atoms with van der Waals surface area (Å²) in [5, 5.41) is 3.03. The average molecular weight is 467 g/mol. The number of hydrogen-bond acceptors (Lipinski definition) is 2. The summed E-state index contributed by atoms with van der Waals surface area (Å²) in [5.41, 5.74) is 6.99. The minimum Gasteiger partial charge on any atom is -0.383 e. The fraction of sp³-hybridized carbons (Fsp3) is 0.633. The Balaban J connectivity index is 2.13. The molecular formula is C30H46N2O2. The Hall–Kier alpha value is -2.07.